The highest BCUT2D eigenvalue weighted by Gasteiger charge is 2.01. The summed E-state index contributed by atoms with van der Waals surface area (Å²) >= 11 is 0. The van der Waals surface area contributed by atoms with Gasteiger partial charge >= 0.3 is 6.16 Å². The first-order valence-corrected chi connectivity index (χ1v) is 4.68. The fourth-order valence-corrected chi connectivity index (χ4v) is 0.657. The molecule has 0 aliphatic rings. The van der Waals surface area contributed by atoms with Gasteiger partial charge in [0.1, 0.15) is 6.61 Å². The molecule has 78 valence electrons. The van der Waals surface area contributed by atoms with Crippen molar-refractivity contribution in [3.8, 4) is 0 Å². The lowest BCUT2D eigenvalue weighted by atomic mass is 10.5. The zero-order valence-electron chi connectivity index (χ0n) is 8.38. The quantitative estimate of drug-likeness (QED) is 0.455. The Morgan fingerprint density at radius 2 is 1.54 bits per heavy atom. The van der Waals surface area contributed by atoms with Crippen molar-refractivity contribution in [2.45, 2.75) is 26.7 Å². The first-order chi connectivity index (χ1) is 6.31. The third-order valence-corrected chi connectivity index (χ3v) is 1.22. The highest BCUT2D eigenvalue weighted by atomic mass is 16.7. The fraction of sp³-hybridized carbons (Fsp3) is 0.889. The van der Waals surface area contributed by atoms with E-state index < -0.39 is 6.16 Å². The maximum absolute atomic E-state index is 10.7. The van der Waals surface area contributed by atoms with E-state index in [0.29, 0.717) is 19.8 Å². The largest absolute Gasteiger partial charge is 0.508 e. The molecule has 0 aliphatic carbocycles. The van der Waals surface area contributed by atoms with Crippen molar-refractivity contribution in [2.75, 3.05) is 26.4 Å². The molecule has 0 aromatic carbocycles. The van der Waals surface area contributed by atoms with Crippen LogP contribution in [-0.2, 0) is 14.2 Å². The van der Waals surface area contributed by atoms with E-state index in [0.717, 1.165) is 12.8 Å². The lowest BCUT2D eigenvalue weighted by Crippen LogP contribution is -2.12. The maximum atomic E-state index is 10.7. The molecule has 0 spiro atoms. The van der Waals surface area contributed by atoms with Gasteiger partial charge in [0.15, 0.2) is 0 Å². The Balaban J connectivity index is 3.08. The minimum Gasteiger partial charge on any atom is -0.434 e. The van der Waals surface area contributed by atoms with Gasteiger partial charge in [0.05, 0.1) is 13.2 Å². The average molecular weight is 190 g/mol. The Morgan fingerprint density at radius 1 is 0.923 bits per heavy atom. The standard InChI is InChI=1S/C9H18O4/c1-3-5-11-7-8-13-9(10)12-6-4-2/h3-8H2,1-2H3. The highest BCUT2D eigenvalue weighted by molar-refractivity contribution is 5.59. The Bertz CT molecular complexity index is 125. The number of carbonyl (C=O) groups is 1. The molecule has 0 amide bonds. The third kappa shape index (κ3) is 9.14. The number of ether oxygens (including phenoxy) is 3. The first kappa shape index (κ1) is 12.2. The van der Waals surface area contributed by atoms with E-state index in [2.05, 4.69) is 4.74 Å². The molecule has 0 aromatic heterocycles. The van der Waals surface area contributed by atoms with Crippen molar-refractivity contribution >= 4 is 6.16 Å². The molecule has 0 atom stereocenters. The van der Waals surface area contributed by atoms with Gasteiger partial charge in [-0.3, -0.25) is 0 Å². The van der Waals surface area contributed by atoms with Gasteiger partial charge in [0, 0.05) is 6.61 Å². The maximum Gasteiger partial charge on any atom is 0.508 e. The first-order valence-electron chi connectivity index (χ1n) is 4.68. The molecule has 0 bridgehead atoms. The third-order valence-electron chi connectivity index (χ3n) is 1.22. The average Bonchev–Trinajstić information content (AvgIpc) is 2.14. The van der Waals surface area contributed by atoms with Crippen LogP contribution in [0.1, 0.15) is 26.7 Å². The molecule has 0 radical (unpaired) electrons. The van der Waals surface area contributed by atoms with Gasteiger partial charge in [0.2, 0.25) is 0 Å². The molecule has 0 aromatic rings. The molecular formula is C9H18O4. The van der Waals surface area contributed by atoms with Crippen molar-refractivity contribution in [1.29, 1.82) is 0 Å². The minimum atomic E-state index is -0.609. The van der Waals surface area contributed by atoms with Gasteiger partial charge in [-0.25, -0.2) is 4.79 Å². The number of rotatable bonds is 7. The predicted octanol–water partition coefficient (Wildman–Crippen LogP) is 1.98. The Labute approximate surface area is 79.2 Å². The molecule has 13 heavy (non-hydrogen) atoms. The Hall–Kier alpha value is -0.770. The number of hydrogen-bond donors (Lipinski definition) is 0. The van der Waals surface area contributed by atoms with E-state index in [1.54, 1.807) is 0 Å². The monoisotopic (exact) mass is 190 g/mol. The van der Waals surface area contributed by atoms with Gasteiger partial charge < -0.3 is 14.2 Å². The van der Waals surface area contributed by atoms with E-state index in [9.17, 15) is 4.79 Å². The van der Waals surface area contributed by atoms with Crippen LogP contribution in [0.4, 0.5) is 4.79 Å². The second-order valence-electron chi connectivity index (χ2n) is 2.56. The SMILES string of the molecule is CCCOCCOC(=O)OCCC. The molecule has 0 aliphatic heterocycles. The summed E-state index contributed by atoms with van der Waals surface area (Å²) in [5.41, 5.74) is 0. The zero-order valence-corrected chi connectivity index (χ0v) is 8.38. The normalized spacial score (nSPS) is 9.69. The van der Waals surface area contributed by atoms with Gasteiger partial charge in [-0.1, -0.05) is 13.8 Å². The summed E-state index contributed by atoms with van der Waals surface area (Å²) in [7, 11) is 0. The van der Waals surface area contributed by atoms with Crippen molar-refractivity contribution < 1.29 is 19.0 Å². The second kappa shape index (κ2) is 9.32. The van der Waals surface area contributed by atoms with Crippen LogP contribution >= 0.6 is 0 Å². The minimum absolute atomic E-state index is 0.266. The molecule has 0 saturated carbocycles. The van der Waals surface area contributed by atoms with Crippen molar-refractivity contribution in [3.05, 3.63) is 0 Å². The summed E-state index contributed by atoms with van der Waals surface area (Å²) in [6, 6.07) is 0. The van der Waals surface area contributed by atoms with E-state index in [1.807, 2.05) is 13.8 Å². The fourth-order valence-electron chi connectivity index (χ4n) is 0.657. The molecule has 0 saturated heterocycles. The van der Waals surface area contributed by atoms with Crippen LogP contribution in [-0.4, -0.2) is 32.6 Å². The molecule has 0 unspecified atom stereocenters. The topological polar surface area (TPSA) is 44.8 Å². The van der Waals surface area contributed by atoms with Crippen molar-refractivity contribution in [1.82, 2.24) is 0 Å². The molecule has 0 heterocycles. The van der Waals surface area contributed by atoms with E-state index >= 15 is 0 Å². The lowest BCUT2D eigenvalue weighted by molar-refractivity contribution is 0.0273. The van der Waals surface area contributed by atoms with Crippen LogP contribution in [0.3, 0.4) is 0 Å². The zero-order chi connectivity index (χ0) is 9.94. The van der Waals surface area contributed by atoms with Crippen molar-refractivity contribution in [3.63, 3.8) is 0 Å². The summed E-state index contributed by atoms with van der Waals surface area (Å²) < 4.78 is 14.5. The molecule has 0 rings (SSSR count). The highest BCUT2D eigenvalue weighted by Crippen LogP contribution is 1.88. The van der Waals surface area contributed by atoms with E-state index in [-0.39, 0.29) is 6.61 Å². The smallest absolute Gasteiger partial charge is 0.434 e. The van der Waals surface area contributed by atoms with Crippen LogP contribution in [0, 0.1) is 0 Å². The molecule has 0 fully saturated rings. The summed E-state index contributed by atoms with van der Waals surface area (Å²) in [5.74, 6) is 0. The Morgan fingerprint density at radius 3 is 2.15 bits per heavy atom. The molecule has 0 N–H and O–H groups in total. The van der Waals surface area contributed by atoms with Gasteiger partial charge in [-0.15, -0.1) is 0 Å². The summed E-state index contributed by atoms with van der Waals surface area (Å²) in [6.45, 7) is 5.77. The molecule has 4 nitrogen and oxygen atoms in total. The molecule has 4 heteroatoms. The summed E-state index contributed by atoms with van der Waals surface area (Å²) in [4.78, 5) is 10.7. The van der Waals surface area contributed by atoms with Crippen LogP contribution in [0.15, 0.2) is 0 Å². The summed E-state index contributed by atoms with van der Waals surface area (Å²) in [5, 5.41) is 0. The van der Waals surface area contributed by atoms with E-state index in [4.69, 9.17) is 9.47 Å². The van der Waals surface area contributed by atoms with Crippen LogP contribution < -0.4 is 0 Å². The number of carbonyl (C=O) groups excluding carboxylic acids is 1. The second-order valence-corrected chi connectivity index (χ2v) is 2.56. The number of hydrogen-bond acceptors (Lipinski definition) is 4. The van der Waals surface area contributed by atoms with Crippen LogP contribution in [0.2, 0.25) is 0 Å². The van der Waals surface area contributed by atoms with Gasteiger partial charge in [-0.2, -0.15) is 0 Å². The van der Waals surface area contributed by atoms with Gasteiger partial charge in [0.25, 0.3) is 0 Å². The Kier molecular flexibility index (Phi) is 8.77. The van der Waals surface area contributed by atoms with Gasteiger partial charge in [-0.05, 0) is 12.8 Å². The lowest BCUT2D eigenvalue weighted by Gasteiger charge is -2.05. The van der Waals surface area contributed by atoms with Crippen LogP contribution in [0.25, 0.3) is 0 Å². The molecular weight excluding hydrogens is 172 g/mol. The van der Waals surface area contributed by atoms with Crippen molar-refractivity contribution in [2.24, 2.45) is 0 Å². The van der Waals surface area contributed by atoms with E-state index in [1.165, 1.54) is 0 Å². The van der Waals surface area contributed by atoms with Crippen LogP contribution in [0.5, 0.6) is 0 Å². The summed E-state index contributed by atoms with van der Waals surface area (Å²) in [6.07, 6.45) is 1.17. The predicted molar refractivity (Wildman–Crippen MR) is 48.7 cm³/mol.